The highest BCUT2D eigenvalue weighted by Crippen LogP contribution is 2.26. The van der Waals surface area contributed by atoms with E-state index in [0.29, 0.717) is 41.0 Å². The maximum Gasteiger partial charge on any atom is 0.256 e. The Bertz CT molecular complexity index is 1680. The second-order valence-corrected chi connectivity index (χ2v) is 10.5. The maximum absolute atomic E-state index is 13.0. The number of hydrogen-bond donors (Lipinski definition) is 4. The number of carbonyl (C=O) groups is 2. The lowest BCUT2D eigenvalue weighted by Gasteiger charge is -2.30. The predicted molar refractivity (Wildman–Crippen MR) is 160 cm³/mol. The van der Waals surface area contributed by atoms with Gasteiger partial charge in [-0.15, -0.1) is 0 Å². The first-order valence-corrected chi connectivity index (χ1v) is 13.7. The van der Waals surface area contributed by atoms with Crippen molar-refractivity contribution in [3.8, 4) is 11.5 Å². The lowest BCUT2D eigenvalue weighted by molar-refractivity contribution is 0.0997. The molecule has 0 unspecified atom stereocenters. The molecule has 3 aromatic carbocycles. The minimum Gasteiger partial charge on any atom is -0.382 e. The average Bonchev–Trinajstić information content (AvgIpc) is 3.59. The highest BCUT2D eigenvalue weighted by molar-refractivity contribution is 6.04. The fraction of sp³-hybridized carbons (Fsp3) is 0.226. The Labute approximate surface area is 237 Å². The number of piperidine rings is 1. The normalized spacial score (nSPS) is 14.3. The van der Waals surface area contributed by atoms with Crippen molar-refractivity contribution in [2.75, 3.05) is 30.8 Å². The van der Waals surface area contributed by atoms with Crippen molar-refractivity contribution in [2.24, 2.45) is 5.73 Å². The standard InChI is InChI=1S/C31H32N8O2/c1-38-16-14-24(15-17-38)33-23-12-10-22(11-13-23)31(41)35-28-18-26(36-37-28)30-34-25-4-2-3-5-27(25)39(30)19-20-6-8-21(9-7-20)29(32)40/h2-13,18,24,33H,14-17,19H2,1H3,(H2,32,40)(H2,35,36,37,41). The molecule has 208 valence electrons. The Balaban J connectivity index is 1.17. The van der Waals surface area contributed by atoms with Crippen LogP contribution in [0.3, 0.4) is 0 Å². The Morgan fingerprint density at radius 1 is 0.976 bits per heavy atom. The molecule has 0 saturated carbocycles. The van der Waals surface area contributed by atoms with Gasteiger partial charge in [0.2, 0.25) is 5.91 Å². The van der Waals surface area contributed by atoms with Crippen LogP contribution < -0.4 is 16.4 Å². The monoisotopic (exact) mass is 548 g/mol. The zero-order valence-corrected chi connectivity index (χ0v) is 22.8. The minimum absolute atomic E-state index is 0.228. The van der Waals surface area contributed by atoms with Crippen LogP contribution in [0, 0.1) is 0 Å². The number of nitrogens with one attached hydrogen (secondary N) is 3. The van der Waals surface area contributed by atoms with E-state index in [0.717, 1.165) is 48.2 Å². The molecule has 2 aromatic heterocycles. The molecule has 0 atom stereocenters. The molecule has 3 heterocycles. The average molecular weight is 549 g/mol. The second-order valence-electron chi connectivity index (χ2n) is 10.5. The summed E-state index contributed by atoms with van der Waals surface area (Å²) < 4.78 is 2.06. The number of H-pyrrole nitrogens is 1. The van der Waals surface area contributed by atoms with E-state index in [4.69, 9.17) is 10.7 Å². The fourth-order valence-electron chi connectivity index (χ4n) is 5.19. The smallest absolute Gasteiger partial charge is 0.256 e. The summed E-state index contributed by atoms with van der Waals surface area (Å²) in [6.45, 7) is 2.69. The largest absolute Gasteiger partial charge is 0.382 e. The highest BCUT2D eigenvalue weighted by atomic mass is 16.2. The number of nitrogens with two attached hydrogens (primary N) is 1. The van der Waals surface area contributed by atoms with Gasteiger partial charge in [-0.3, -0.25) is 14.7 Å². The number of fused-ring (bicyclic) bond motifs is 1. The zero-order chi connectivity index (χ0) is 28.3. The van der Waals surface area contributed by atoms with Gasteiger partial charge in [-0.1, -0.05) is 24.3 Å². The first-order chi connectivity index (χ1) is 19.9. The number of aromatic amines is 1. The molecule has 1 fully saturated rings. The summed E-state index contributed by atoms with van der Waals surface area (Å²) in [6, 6.07) is 24.8. The number of carbonyl (C=O) groups excluding carboxylic acids is 2. The van der Waals surface area contributed by atoms with E-state index in [1.54, 1.807) is 18.2 Å². The third-order valence-electron chi connectivity index (χ3n) is 7.53. The summed E-state index contributed by atoms with van der Waals surface area (Å²) in [6.07, 6.45) is 2.21. The van der Waals surface area contributed by atoms with Gasteiger partial charge in [0, 0.05) is 35.5 Å². The third-order valence-corrected chi connectivity index (χ3v) is 7.53. The minimum atomic E-state index is -0.461. The number of amides is 2. The first kappa shape index (κ1) is 26.3. The number of benzene rings is 3. The van der Waals surface area contributed by atoms with Crippen LogP contribution in [0.5, 0.6) is 0 Å². The number of aromatic nitrogens is 4. The van der Waals surface area contributed by atoms with E-state index in [1.165, 1.54) is 0 Å². The van der Waals surface area contributed by atoms with E-state index in [-0.39, 0.29) is 5.91 Å². The molecule has 0 spiro atoms. The number of primary amides is 1. The molecule has 5 aromatic rings. The van der Waals surface area contributed by atoms with E-state index < -0.39 is 5.91 Å². The molecule has 2 amide bonds. The van der Waals surface area contributed by atoms with Crippen molar-refractivity contribution in [1.82, 2.24) is 24.6 Å². The number of nitrogens with zero attached hydrogens (tertiary/aromatic N) is 4. The van der Waals surface area contributed by atoms with Crippen LogP contribution in [0.1, 0.15) is 39.1 Å². The van der Waals surface area contributed by atoms with Crippen molar-refractivity contribution < 1.29 is 9.59 Å². The molecule has 5 N–H and O–H groups in total. The number of rotatable bonds is 8. The summed E-state index contributed by atoms with van der Waals surface area (Å²) in [4.78, 5) is 31.6. The number of hydrogen-bond acceptors (Lipinski definition) is 6. The van der Waals surface area contributed by atoms with Crippen LogP contribution in [0.2, 0.25) is 0 Å². The molecule has 0 radical (unpaired) electrons. The van der Waals surface area contributed by atoms with Crippen LogP contribution in [0.25, 0.3) is 22.6 Å². The Morgan fingerprint density at radius 3 is 2.41 bits per heavy atom. The zero-order valence-electron chi connectivity index (χ0n) is 22.8. The van der Waals surface area contributed by atoms with Gasteiger partial charge in [-0.25, -0.2) is 4.98 Å². The molecule has 0 aliphatic carbocycles. The topological polar surface area (TPSA) is 134 Å². The molecular weight excluding hydrogens is 516 g/mol. The maximum atomic E-state index is 13.0. The summed E-state index contributed by atoms with van der Waals surface area (Å²) in [5.74, 6) is 0.444. The quantitative estimate of drug-likeness (QED) is 0.228. The van der Waals surface area contributed by atoms with Crippen LogP contribution >= 0.6 is 0 Å². The highest BCUT2D eigenvalue weighted by Gasteiger charge is 2.18. The summed E-state index contributed by atoms with van der Waals surface area (Å²) in [5.41, 5.74) is 10.8. The Kier molecular flexibility index (Phi) is 7.22. The molecule has 10 heteroatoms. The van der Waals surface area contributed by atoms with E-state index in [9.17, 15) is 9.59 Å². The van der Waals surface area contributed by atoms with Gasteiger partial charge in [-0.05, 0) is 87.1 Å². The number of imidazole rings is 1. The van der Waals surface area contributed by atoms with Gasteiger partial charge in [0.05, 0.1) is 11.0 Å². The van der Waals surface area contributed by atoms with E-state index in [2.05, 4.69) is 37.3 Å². The molecule has 1 aliphatic heterocycles. The summed E-state index contributed by atoms with van der Waals surface area (Å²) in [7, 11) is 2.15. The van der Waals surface area contributed by atoms with Gasteiger partial charge in [0.1, 0.15) is 11.5 Å². The van der Waals surface area contributed by atoms with Crippen LogP contribution in [-0.2, 0) is 6.54 Å². The molecule has 6 rings (SSSR count). The molecule has 1 aliphatic rings. The lowest BCUT2D eigenvalue weighted by Crippen LogP contribution is -2.36. The Hall–Kier alpha value is -4.96. The van der Waals surface area contributed by atoms with Gasteiger partial charge in [0.15, 0.2) is 5.82 Å². The summed E-state index contributed by atoms with van der Waals surface area (Å²) >= 11 is 0. The second kappa shape index (κ2) is 11.3. The van der Waals surface area contributed by atoms with Gasteiger partial charge in [0.25, 0.3) is 5.91 Å². The molecule has 41 heavy (non-hydrogen) atoms. The van der Waals surface area contributed by atoms with E-state index in [1.807, 2.05) is 60.7 Å². The lowest BCUT2D eigenvalue weighted by atomic mass is 10.0. The number of anilines is 2. The SMILES string of the molecule is CN1CCC(Nc2ccc(C(=O)Nc3cc(-c4nc5ccccc5n4Cc4ccc(C(N)=O)cc4)n[nH]3)cc2)CC1. The van der Waals surface area contributed by atoms with Crippen molar-refractivity contribution in [1.29, 1.82) is 0 Å². The van der Waals surface area contributed by atoms with E-state index >= 15 is 0 Å². The van der Waals surface area contributed by atoms with Crippen LogP contribution in [-0.4, -0.2) is 62.6 Å². The Morgan fingerprint density at radius 2 is 1.68 bits per heavy atom. The summed E-state index contributed by atoms with van der Waals surface area (Å²) in [5, 5.41) is 13.9. The predicted octanol–water partition coefficient (Wildman–Crippen LogP) is 4.33. The molecule has 0 bridgehead atoms. The van der Waals surface area contributed by atoms with Crippen molar-refractivity contribution in [2.45, 2.75) is 25.4 Å². The van der Waals surface area contributed by atoms with Crippen molar-refractivity contribution in [3.63, 3.8) is 0 Å². The van der Waals surface area contributed by atoms with Crippen molar-refractivity contribution >= 4 is 34.4 Å². The third kappa shape index (κ3) is 5.82. The number of para-hydroxylation sites is 2. The number of likely N-dealkylation sites (tertiary alicyclic amines) is 1. The molecule has 1 saturated heterocycles. The van der Waals surface area contributed by atoms with Crippen molar-refractivity contribution in [3.05, 3.63) is 95.6 Å². The van der Waals surface area contributed by atoms with Gasteiger partial charge >= 0.3 is 0 Å². The van der Waals surface area contributed by atoms with Crippen LogP contribution in [0.4, 0.5) is 11.5 Å². The van der Waals surface area contributed by atoms with Gasteiger partial charge in [-0.2, -0.15) is 5.10 Å². The molecular formula is C31H32N8O2. The van der Waals surface area contributed by atoms with Crippen LogP contribution in [0.15, 0.2) is 78.9 Å². The van der Waals surface area contributed by atoms with Gasteiger partial charge < -0.3 is 25.8 Å². The first-order valence-electron chi connectivity index (χ1n) is 13.7. The molecule has 10 nitrogen and oxygen atoms in total. The fourth-order valence-corrected chi connectivity index (χ4v) is 5.19.